The van der Waals surface area contributed by atoms with Crippen molar-refractivity contribution in [3.05, 3.63) is 72.6 Å². The van der Waals surface area contributed by atoms with E-state index in [1.54, 1.807) is 6.33 Å². The first-order valence-corrected chi connectivity index (χ1v) is 9.41. The van der Waals surface area contributed by atoms with Crippen molar-refractivity contribution < 1.29 is 9.59 Å². The van der Waals surface area contributed by atoms with Crippen molar-refractivity contribution in [2.24, 2.45) is 0 Å². The van der Waals surface area contributed by atoms with Crippen molar-refractivity contribution in [2.45, 2.75) is 18.1 Å². The molecule has 0 fully saturated rings. The zero-order valence-electron chi connectivity index (χ0n) is 14.5. The molecule has 0 aliphatic rings. The van der Waals surface area contributed by atoms with Crippen molar-refractivity contribution >= 4 is 23.7 Å². The van der Waals surface area contributed by atoms with E-state index in [1.165, 1.54) is 11.8 Å². The third kappa shape index (κ3) is 5.68. The second kappa shape index (κ2) is 9.54. The molecule has 0 radical (unpaired) electrons. The van der Waals surface area contributed by atoms with Gasteiger partial charge in [0.05, 0.1) is 0 Å². The first kappa shape index (κ1) is 18.7. The molecule has 0 unspecified atom stereocenters. The van der Waals surface area contributed by atoms with Gasteiger partial charge in [0, 0.05) is 24.4 Å². The van der Waals surface area contributed by atoms with Crippen LogP contribution in [0.1, 0.15) is 12.0 Å². The summed E-state index contributed by atoms with van der Waals surface area (Å²) in [5.74, 6) is 0.155. The third-order valence-electron chi connectivity index (χ3n) is 3.66. The molecule has 0 spiro atoms. The van der Waals surface area contributed by atoms with Crippen LogP contribution in [-0.2, 0) is 11.3 Å². The molecule has 3 amide bonds. The number of nitrogens with zero attached hydrogens (tertiary/aromatic N) is 3. The molecule has 0 saturated carbocycles. The average Bonchev–Trinajstić information content (AvgIpc) is 3.16. The van der Waals surface area contributed by atoms with Crippen molar-refractivity contribution in [1.82, 2.24) is 25.4 Å². The van der Waals surface area contributed by atoms with Crippen LogP contribution in [0.5, 0.6) is 0 Å². The number of thioether (sulfide) groups is 1. The Balaban J connectivity index is 1.41. The van der Waals surface area contributed by atoms with Crippen LogP contribution in [0.25, 0.3) is 5.69 Å². The Morgan fingerprint density at radius 1 is 1.00 bits per heavy atom. The second-order valence-electron chi connectivity index (χ2n) is 5.63. The van der Waals surface area contributed by atoms with E-state index in [4.69, 9.17) is 0 Å². The number of benzene rings is 2. The van der Waals surface area contributed by atoms with Crippen LogP contribution in [0.3, 0.4) is 0 Å². The third-order valence-corrected chi connectivity index (χ3v) is 4.60. The van der Waals surface area contributed by atoms with E-state index < -0.39 is 6.03 Å². The highest BCUT2D eigenvalue weighted by Gasteiger charge is 2.10. The number of nitrogens with one attached hydrogen (secondary N) is 2. The average molecular weight is 381 g/mol. The second-order valence-corrected chi connectivity index (χ2v) is 6.70. The molecule has 0 aliphatic heterocycles. The monoisotopic (exact) mass is 381 g/mol. The largest absolute Gasteiger partial charge is 0.334 e. The maximum Gasteiger partial charge on any atom is 0.321 e. The van der Waals surface area contributed by atoms with E-state index in [-0.39, 0.29) is 12.3 Å². The lowest BCUT2D eigenvalue weighted by Gasteiger charge is -2.07. The number of carbonyl (C=O) groups is 2. The fourth-order valence-corrected chi connectivity index (χ4v) is 3.20. The molecule has 3 rings (SSSR count). The summed E-state index contributed by atoms with van der Waals surface area (Å²) in [4.78, 5) is 23.7. The molecule has 0 bridgehead atoms. The minimum absolute atomic E-state index is 0.199. The Bertz CT molecular complexity index is 883. The zero-order chi connectivity index (χ0) is 18.9. The first-order valence-electron chi connectivity index (χ1n) is 8.42. The summed E-state index contributed by atoms with van der Waals surface area (Å²) in [6.45, 7) is 0.370. The Morgan fingerprint density at radius 3 is 2.44 bits per heavy atom. The number of amides is 3. The minimum atomic E-state index is -0.499. The van der Waals surface area contributed by atoms with Crippen LogP contribution in [0.15, 0.2) is 72.1 Å². The summed E-state index contributed by atoms with van der Waals surface area (Å²) in [6, 6.07) is 18.7. The quantitative estimate of drug-likeness (QED) is 0.615. The number of hydrogen-bond acceptors (Lipinski definition) is 5. The van der Waals surface area contributed by atoms with Gasteiger partial charge in [-0.15, -0.1) is 10.2 Å². The predicted molar refractivity (Wildman–Crippen MR) is 104 cm³/mol. The molecule has 2 aromatic carbocycles. The molecule has 7 nitrogen and oxygen atoms in total. The van der Waals surface area contributed by atoms with Gasteiger partial charge >= 0.3 is 6.03 Å². The van der Waals surface area contributed by atoms with Gasteiger partial charge in [0.25, 0.3) is 0 Å². The Hall–Kier alpha value is -3.13. The molecule has 3 aromatic rings. The van der Waals surface area contributed by atoms with Gasteiger partial charge in [-0.1, -0.05) is 60.3 Å². The highest BCUT2D eigenvalue weighted by molar-refractivity contribution is 7.99. The van der Waals surface area contributed by atoms with Gasteiger partial charge < -0.3 is 5.32 Å². The summed E-state index contributed by atoms with van der Waals surface area (Å²) in [5, 5.41) is 13.7. The molecule has 0 aliphatic carbocycles. The lowest BCUT2D eigenvalue weighted by atomic mass is 10.2. The Labute approximate surface area is 161 Å². The van der Waals surface area contributed by atoms with Gasteiger partial charge in [-0.3, -0.25) is 14.7 Å². The zero-order valence-corrected chi connectivity index (χ0v) is 15.4. The lowest BCUT2D eigenvalue weighted by molar-refractivity contribution is -0.119. The summed E-state index contributed by atoms with van der Waals surface area (Å²) in [5.41, 5.74) is 1.92. The molecule has 1 heterocycles. The molecule has 138 valence electrons. The number of rotatable bonds is 7. The van der Waals surface area contributed by atoms with Gasteiger partial charge in [0.1, 0.15) is 6.33 Å². The van der Waals surface area contributed by atoms with Crippen molar-refractivity contribution in [3.63, 3.8) is 0 Å². The van der Waals surface area contributed by atoms with Crippen molar-refractivity contribution in [3.8, 4) is 5.69 Å². The number of para-hydroxylation sites is 1. The van der Waals surface area contributed by atoms with Gasteiger partial charge in [0.2, 0.25) is 5.91 Å². The van der Waals surface area contributed by atoms with Gasteiger partial charge in [-0.05, 0) is 17.7 Å². The van der Waals surface area contributed by atoms with Crippen LogP contribution in [0.4, 0.5) is 4.79 Å². The fraction of sp³-hybridized carbons (Fsp3) is 0.158. The highest BCUT2D eigenvalue weighted by atomic mass is 32.2. The molecule has 8 heteroatoms. The standard InChI is InChI=1S/C19H19N5O2S/c25-17(22-18(26)20-13-15-7-3-1-4-8-15)11-12-27-19-23-21-14-24(19)16-9-5-2-6-10-16/h1-10,14H,11-13H2,(H2,20,22,25,26). The summed E-state index contributed by atoms with van der Waals surface area (Å²) < 4.78 is 1.86. The van der Waals surface area contributed by atoms with Gasteiger partial charge in [0.15, 0.2) is 5.16 Å². The SMILES string of the molecule is O=C(CCSc1nncn1-c1ccccc1)NC(=O)NCc1ccccc1. The van der Waals surface area contributed by atoms with Crippen LogP contribution < -0.4 is 10.6 Å². The number of urea groups is 1. The maximum atomic E-state index is 11.9. The number of imide groups is 1. The molecular weight excluding hydrogens is 362 g/mol. The van der Waals surface area contributed by atoms with E-state index in [0.717, 1.165) is 11.3 Å². The Kier molecular flexibility index (Phi) is 6.59. The molecule has 2 N–H and O–H groups in total. The molecular formula is C19H19N5O2S. The highest BCUT2D eigenvalue weighted by Crippen LogP contribution is 2.19. The molecule has 0 saturated heterocycles. The number of aromatic nitrogens is 3. The van der Waals surface area contributed by atoms with Gasteiger partial charge in [-0.25, -0.2) is 4.79 Å². The minimum Gasteiger partial charge on any atom is -0.334 e. The summed E-state index contributed by atoms with van der Waals surface area (Å²) in [6.07, 6.45) is 1.83. The topological polar surface area (TPSA) is 88.9 Å². The molecule has 27 heavy (non-hydrogen) atoms. The van der Waals surface area contributed by atoms with Crippen molar-refractivity contribution in [2.75, 3.05) is 5.75 Å². The molecule has 0 atom stereocenters. The number of hydrogen-bond donors (Lipinski definition) is 2. The van der Waals surface area contributed by atoms with E-state index in [2.05, 4.69) is 20.8 Å². The van der Waals surface area contributed by atoms with Crippen LogP contribution in [-0.4, -0.2) is 32.5 Å². The van der Waals surface area contributed by atoms with Gasteiger partial charge in [-0.2, -0.15) is 0 Å². The first-order chi connectivity index (χ1) is 13.2. The Morgan fingerprint density at radius 2 is 1.70 bits per heavy atom. The summed E-state index contributed by atoms with van der Waals surface area (Å²) in [7, 11) is 0. The van der Waals surface area contributed by atoms with Crippen LogP contribution in [0, 0.1) is 0 Å². The van der Waals surface area contributed by atoms with Crippen LogP contribution >= 0.6 is 11.8 Å². The van der Waals surface area contributed by atoms with Crippen LogP contribution in [0.2, 0.25) is 0 Å². The number of carbonyl (C=O) groups excluding carboxylic acids is 2. The molecule has 1 aromatic heterocycles. The van der Waals surface area contributed by atoms with Crippen molar-refractivity contribution in [1.29, 1.82) is 0 Å². The maximum absolute atomic E-state index is 11.9. The smallest absolute Gasteiger partial charge is 0.321 e. The van der Waals surface area contributed by atoms with E-state index >= 15 is 0 Å². The van der Waals surface area contributed by atoms with E-state index in [1.807, 2.05) is 65.2 Å². The fourth-order valence-electron chi connectivity index (χ4n) is 2.34. The van der Waals surface area contributed by atoms with E-state index in [0.29, 0.717) is 17.5 Å². The summed E-state index contributed by atoms with van der Waals surface area (Å²) >= 11 is 1.41. The predicted octanol–water partition coefficient (Wildman–Crippen LogP) is 2.78. The lowest BCUT2D eigenvalue weighted by Crippen LogP contribution is -2.39. The van der Waals surface area contributed by atoms with E-state index in [9.17, 15) is 9.59 Å². The normalized spacial score (nSPS) is 10.4.